The van der Waals surface area contributed by atoms with Gasteiger partial charge in [0, 0.05) is 12.0 Å². The molecule has 1 aliphatic heterocycles. The van der Waals surface area contributed by atoms with E-state index in [9.17, 15) is 0 Å². The Labute approximate surface area is 142 Å². The van der Waals surface area contributed by atoms with E-state index in [1.165, 1.54) is 33.4 Å². The Morgan fingerprint density at radius 2 is 1.50 bits per heavy atom. The lowest BCUT2D eigenvalue weighted by Gasteiger charge is -2.29. The smallest absolute Gasteiger partial charge is 0.134 e. The quantitative estimate of drug-likeness (QED) is 0.564. The summed E-state index contributed by atoms with van der Waals surface area (Å²) in [6.07, 6.45) is 3.22. The van der Waals surface area contributed by atoms with Gasteiger partial charge < -0.3 is 4.74 Å². The van der Waals surface area contributed by atoms with Crippen LogP contribution in [0.25, 0.3) is 16.9 Å². The minimum atomic E-state index is 1.000. The topological polar surface area (TPSA) is 9.23 Å². The molecule has 0 aromatic heterocycles. The van der Waals surface area contributed by atoms with E-state index in [2.05, 4.69) is 72.8 Å². The van der Waals surface area contributed by atoms with Gasteiger partial charge in [-0.2, -0.15) is 0 Å². The van der Waals surface area contributed by atoms with Crippen molar-refractivity contribution in [2.75, 3.05) is 0 Å². The SMILES string of the molecule is c1ccc(-c2ccc3c(c2)CC2=C(O3)c3ccccc3CC2)cc1. The van der Waals surface area contributed by atoms with Gasteiger partial charge in [0.15, 0.2) is 0 Å². The summed E-state index contributed by atoms with van der Waals surface area (Å²) < 4.78 is 6.33. The lowest BCUT2D eigenvalue weighted by molar-refractivity contribution is 0.482. The average Bonchev–Trinajstić information content (AvgIpc) is 2.66. The van der Waals surface area contributed by atoms with Crippen molar-refractivity contribution in [1.29, 1.82) is 0 Å². The predicted octanol–water partition coefficient (Wildman–Crippen LogP) is 5.65. The Hall–Kier alpha value is -2.80. The Morgan fingerprint density at radius 3 is 2.42 bits per heavy atom. The molecule has 0 fully saturated rings. The molecular formula is C23H18O. The van der Waals surface area contributed by atoms with E-state index in [0.717, 1.165) is 30.8 Å². The van der Waals surface area contributed by atoms with Crippen LogP contribution in [0.1, 0.15) is 23.1 Å². The summed E-state index contributed by atoms with van der Waals surface area (Å²) in [6, 6.07) is 25.8. The van der Waals surface area contributed by atoms with E-state index in [-0.39, 0.29) is 0 Å². The summed E-state index contributed by atoms with van der Waals surface area (Å²) in [4.78, 5) is 0. The molecule has 5 rings (SSSR count). The summed E-state index contributed by atoms with van der Waals surface area (Å²) in [6.45, 7) is 0. The first-order valence-corrected chi connectivity index (χ1v) is 8.55. The van der Waals surface area contributed by atoms with Gasteiger partial charge in [-0.25, -0.2) is 0 Å². The Kier molecular flexibility index (Phi) is 3.05. The number of allylic oxidation sites excluding steroid dienone is 1. The monoisotopic (exact) mass is 310 g/mol. The zero-order valence-electron chi connectivity index (χ0n) is 13.5. The van der Waals surface area contributed by atoms with Crippen molar-refractivity contribution in [1.82, 2.24) is 0 Å². The van der Waals surface area contributed by atoms with Crippen molar-refractivity contribution in [2.24, 2.45) is 0 Å². The molecule has 3 aromatic rings. The van der Waals surface area contributed by atoms with Crippen LogP contribution in [0.4, 0.5) is 0 Å². The highest BCUT2D eigenvalue weighted by molar-refractivity contribution is 5.74. The molecule has 0 atom stereocenters. The maximum atomic E-state index is 6.33. The van der Waals surface area contributed by atoms with Crippen LogP contribution in [0.5, 0.6) is 5.75 Å². The van der Waals surface area contributed by atoms with Crippen molar-refractivity contribution >= 4 is 5.76 Å². The molecule has 2 aliphatic rings. The average molecular weight is 310 g/mol. The normalized spacial score (nSPS) is 15.2. The molecule has 0 saturated carbocycles. The van der Waals surface area contributed by atoms with Gasteiger partial charge in [0.1, 0.15) is 11.5 Å². The standard InChI is InChI=1S/C23H18O/c1-2-6-16(7-3-1)18-12-13-22-20(14-18)15-19-11-10-17-8-4-5-9-21(17)23(19)24-22/h1-9,12-14H,10-11,15H2. The van der Waals surface area contributed by atoms with Gasteiger partial charge in [0.25, 0.3) is 0 Å². The Bertz CT molecular complexity index is 951. The zero-order valence-corrected chi connectivity index (χ0v) is 13.5. The molecule has 116 valence electrons. The Balaban J connectivity index is 1.56. The summed E-state index contributed by atoms with van der Waals surface area (Å²) in [5.74, 6) is 2.10. The molecule has 0 bridgehead atoms. The molecule has 1 heteroatoms. The number of ether oxygens (including phenoxy) is 1. The van der Waals surface area contributed by atoms with Crippen LogP contribution < -0.4 is 4.74 Å². The number of hydrogen-bond donors (Lipinski definition) is 0. The van der Waals surface area contributed by atoms with E-state index in [1.807, 2.05) is 0 Å². The van der Waals surface area contributed by atoms with Crippen molar-refractivity contribution in [3.63, 3.8) is 0 Å². The lowest BCUT2D eigenvalue weighted by Crippen LogP contribution is -2.15. The minimum Gasteiger partial charge on any atom is -0.456 e. The first-order valence-electron chi connectivity index (χ1n) is 8.55. The van der Waals surface area contributed by atoms with E-state index in [1.54, 1.807) is 0 Å². The number of aryl methyl sites for hydroxylation is 1. The van der Waals surface area contributed by atoms with Crippen LogP contribution in [0.2, 0.25) is 0 Å². The second-order valence-electron chi connectivity index (χ2n) is 6.56. The van der Waals surface area contributed by atoms with Crippen molar-refractivity contribution in [2.45, 2.75) is 19.3 Å². The van der Waals surface area contributed by atoms with Gasteiger partial charge in [0.05, 0.1) is 0 Å². The van der Waals surface area contributed by atoms with E-state index >= 15 is 0 Å². The van der Waals surface area contributed by atoms with Crippen LogP contribution in [0.3, 0.4) is 0 Å². The summed E-state index contributed by atoms with van der Waals surface area (Å²) in [7, 11) is 0. The third-order valence-electron chi connectivity index (χ3n) is 5.06. The second kappa shape index (κ2) is 5.38. The van der Waals surface area contributed by atoms with Crippen LogP contribution in [-0.4, -0.2) is 0 Å². The van der Waals surface area contributed by atoms with Crippen molar-refractivity contribution < 1.29 is 4.74 Å². The molecule has 24 heavy (non-hydrogen) atoms. The van der Waals surface area contributed by atoms with Crippen LogP contribution >= 0.6 is 0 Å². The van der Waals surface area contributed by atoms with Crippen LogP contribution in [-0.2, 0) is 12.8 Å². The van der Waals surface area contributed by atoms with Crippen LogP contribution in [0.15, 0.2) is 78.4 Å². The molecule has 0 radical (unpaired) electrons. The molecule has 1 aliphatic carbocycles. The fourth-order valence-electron chi connectivity index (χ4n) is 3.81. The summed E-state index contributed by atoms with van der Waals surface area (Å²) in [5.41, 5.74) is 7.94. The fourth-order valence-corrected chi connectivity index (χ4v) is 3.81. The van der Waals surface area contributed by atoms with Gasteiger partial charge in [-0.05, 0) is 52.8 Å². The zero-order chi connectivity index (χ0) is 15.9. The maximum absolute atomic E-state index is 6.33. The van der Waals surface area contributed by atoms with Crippen LogP contribution in [0, 0.1) is 0 Å². The molecular weight excluding hydrogens is 292 g/mol. The summed E-state index contributed by atoms with van der Waals surface area (Å²) >= 11 is 0. The third-order valence-corrected chi connectivity index (χ3v) is 5.06. The molecule has 1 nitrogen and oxygen atoms in total. The number of fused-ring (bicyclic) bond motifs is 3. The minimum absolute atomic E-state index is 1.000. The fraction of sp³-hybridized carbons (Fsp3) is 0.130. The highest BCUT2D eigenvalue weighted by Crippen LogP contribution is 2.41. The molecule has 0 amide bonds. The second-order valence-corrected chi connectivity index (χ2v) is 6.56. The number of benzene rings is 3. The maximum Gasteiger partial charge on any atom is 0.134 e. The largest absolute Gasteiger partial charge is 0.456 e. The highest BCUT2D eigenvalue weighted by Gasteiger charge is 2.26. The van der Waals surface area contributed by atoms with Gasteiger partial charge in [-0.15, -0.1) is 0 Å². The Morgan fingerprint density at radius 1 is 0.667 bits per heavy atom. The van der Waals surface area contributed by atoms with E-state index < -0.39 is 0 Å². The van der Waals surface area contributed by atoms with Gasteiger partial charge >= 0.3 is 0 Å². The molecule has 0 spiro atoms. The van der Waals surface area contributed by atoms with E-state index in [4.69, 9.17) is 4.74 Å². The number of rotatable bonds is 1. The third kappa shape index (κ3) is 2.16. The van der Waals surface area contributed by atoms with Crippen molar-refractivity contribution in [3.05, 3.63) is 95.1 Å². The lowest BCUT2D eigenvalue weighted by atomic mass is 9.85. The molecule has 1 heterocycles. The molecule has 0 saturated heterocycles. The molecule has 0 N–H and O–H groups in total. The summed E-state index contributed by atoms with van der Waals surface area (Å²) in [5, 5.41) is 0. The van der Waals surface area contributed by atoms with Gasteiger partial charge in [0.2, 0.25) is 0 Å². The van der Waals surface area contributed by atoms with Crippen molar-refractivity contribution in [3.8, 4) is 16.9 Å². The molecule has 0 unspecified atom stereocenters. The van der Waals surface area contributed by atoms with Gasteiger partial charge in [-0.1, -0.05) is 60.7 Å². The first-order chi connectivity index (χ1) is 11.9. The first kappa shape index (κ1) is 13.6. The van der Waals surface area contributed by atoms with Gasteiger partial charge in [-0.3, -0.25) is 0 Å². The number of hydrogen-bond acceptors (Lipinski definition) is 1. The highest BCUT2D eigenvalue weighted by atomic mass is 16.5. The van der Waals surface area contributed by atoms with E-state index in [0.29, 0.717) is 0 Å². The molecule has 3 aromatic carbocycles. The predicted molar refractivity (Wildman–Crippen MR) is 97.9 cm³/mol.